The van der Waals surface area contributed by atoms with Crippen molar-refractivity contribution in [1.29, 1.82) is 0 Å². The number of nitrogen functional groups attached to an aromatic ring is 1. The average molecular weight is 279 g/mol. The van der Waals surface area contributed by atoms with Crippen LogP contribution in [0.4, 0.5) is 14.6 Å². The highest BCUT2D eigenvalue weighted by Crippen LogP contribution is 2.25. The summed E-state index contributed by atoms with van der Waals surface area (Å²) in [5, 5.41) is 0. The molecule has 0 unspecified atom stereocenters. The van der Waals surface area contributed by atoms with Crippen LogP contribution in [-0.4, -0.2) is 22.9 Å². The van der Waals surface area contributed by atoms with Crippen molar-refractivity contribution in [3.8, 4) is 5.75 Å². The maximum absolute atomic E-state index is 13.3. The summed E-state index contributed by atoms with van der Waals surface area (Å²) in [6.45, 7) is 1.61. The van der Waals surface area contributed by atoms with Crippen molar-refractivity contribution in [3.63, 3.8) is 0 Å². The number of nitrogens with zero attached hydrogens (tertiary/aromatic N) is 2. The number of ether oxygens (including phenoxy) is 1. The molecule has 0 spiro atoms. The first-order valence-corrected chi connectivity index (χ1v) is 5.61. The lowest BCUT2D eigenvalue weighted by molar-refractivity contribution is 0.103. The molecule has 0 aliphatic heterocycles. The molecule has 5 nitrogen and oxygen atoms in total. The molecule has 20 heavy (non-hydrogen) atoms. The summed E-state index contributed by atoms with van der Waals surface area (Å²) in [4.78, 5) is 20.0. The maximum Gasteiger partial charge on any atom is 0.202 e. The molecule has 0 radical (unpaired) electrons. The molecule has 2 aromatic rings. The number of benzene rings is 1. The smallest absolute Gasteiger partial charge is 0.202 e. The van der Waals surface area contributed by atoms with Crippen LogP contribution in [0.1, 0.15) is 21.7 Å². The van der Waals surface area contributed by atoms with Crippen LogP contribution in [0.15, 0.2) is 18.3 Å². The lowest BCUT2D eigenvalue weighted by Gasteiger charge is -2.09. The Labute approximate surface area is 113 Å². The third kappa shape index (κ3) is 2.42. The Morgan fingerprint density at radius 3 is 2.50 bits per heavy atom. The zero-order chi connectivity index (χ0) is 14.9. The Morgan fingerprint density at radius 1 is 1.25 bits per heavy atom. The molecule has 0 atom stereocenters. The van der Waals surface area contributed by atoms with Crippen molar-refractivity contribution in [3.05, 3.63) is 46.9 Å². The summed E-state index contributed by atoms with van der Waals surface area (Å²) in [5.41, 5.74) is 5.49. The number of nitrogens with two attached hydrogens (primary N) is 1. The Morgan fingerprint density at radius 2 is 1.90 bits per heavy atom. The molecule has 1 aromatic carbocycles. The van der Waals surface area contributed by atoms with Gasteiger partial charge in [0.1, 0.15) is 17.4 Å². The molecule has 0 saturated heterocycles. The molecule has 0 aliphatic carbocycles. The van der Waals surface area contributed by atoms with E-state index in [9.17, 15) is 13.6 Å². The van der Waals surface area contributed by atoms with E-state index in [0.29, 0.717) is 5.82 Å². The predicted octanol–water partition coefficient (Wildman–Crippen LogP) is 1.89. The molecule has 104 valence electrons. The largest absolute Gasteiger partial charge is 0.496 e. The summed E-state index contributed by atoms with van der Waals surface area (Å²) in [6.07, 6.45) is 1.24. The van der Waals surface area contributed by atoms with Gasteiger partial charge in [0.25, 0.3) is 0 Å². The Balaban J connectivity index is 2.55. The molecular weight excluding hydrogens is 268 g/mol. The minimum absolute atomic E-state index is 0.0000850. The molecule has 1 heterocycles. The summed E-state index contributed by atoms with van der Waals surface area (Å²) in [6, 6.07) is 1.56. The van der Waals surface area contributed by atoms with E-state index in [0.717, 1.165) is 12.1 Å². The Bertz CT molecular complexity index is 690. The second kappa shape index (κ2) is 5.20. The van der Waals surface area contributed by atoms with Gasteiger partial charge in [-0.25, -0.2) is 18.7 Å². The fourth-order valence-electron chi connectivity index (χ4n) is 1.68. The van der Waals surface area contributed by atoms with Crippen molar-refractivity contribution in [2.75, 3.05) is 12.8 Å². The molecule has 7 heteroatoms. The minimum Gasteiger partial charge on any atom is -0.496 e. The van der Waals surface area contributed by atoms with Crippen LogP contribution in [0, 0.1) is 18.6 Å². The summed E-state index contributed by atoms with van der Waals surface area (Å²) < 4.78 is 31.3. The van der Waals surface area contributed by atoms with Crippen molar-refractivity contribution >= 4 is 11.6 Å². The van der Waals surface area contributed by atoms with E-state index in [4.69, 9.17) is 10.5 Å². The molecule has 1 aromatic heterocycles. The zero-order valence-electron chi connectivity index (χ0n) is 10.8. The molecule has 0 amide bonds. The van der Waals surface area contributed by atoms with Gasteiger partial charge in [0.05, 0.1) is 18.2 Å². The third-order valence-electron chi connectivity index (χ3n) is 2.67. The number of carbonyl (C=O) groups excluding carboxylic acids is 1. The lowest BCUT2D eigenvalue weighted by Crippen LogP contribution is -2.11. The van der Waals surface area contributed by atoms with Gasteiger partial charge in [0.15, 0.2) is 11.6 Å². The summed E-state index contributed by atoms with van der Waals surface area (Å²) in [5.74, 6) is -2.62. The van der Waals surface area contributed by atoms with E-state index >= 15 is 0 Å². The van der Waals surface area contributed by atoms with E-state index in [2.05, 4.69) is 9.97 Å². The van der Waals surface area contributed by atoms with E-state index in [1.807, 2.05) is 0 Å². The van der Waals surface area contributed by atoms with Crippen LogP contribution in [0.3, 0.4) is 0 Å². The topological polar surface area (TPSA) is 78.1 Å². The van der Waals surface area contributed by atoms with Crippen molar-refractivity contribution in [1.82, 2.24) is 9.97 Å². The Kier molecular flexibility index (Phi) is 3.60. The van der Waals surface area contributed by atoms with Gasteiger partial charge in [-0.15, -0.1) is 0 Å². The monoisotopic (exact) mass is 279 g/mol. The lowest BCUT2D eigenvalue weighted by atomic mass is 10.0. The van der Waals surface area contributed by atoms with Gasteiger partial charge >= 0.3 is 0 Å². The van der Waals surface area contributed by atoms with Gasteiger partial charge in [-0.3, -0.25) is 4.79 Å². The van der Waals surface area contributed by atoms with Gasteiger partial charge in [-0.05, 0) is 13.0 Å². The highest BCUT2D eigenvalue weighted by atomic mass is 19.2. The van der Waals surface area contributed by atoms with Crippen LogP contribution in [0.5, 0.6) is 5.75 Å². The molecule has 0 fully saturated rings. The number of rotatable bonds is 3. The summed E-state index contributed by atoms with van der Waals surface area (Å²) >= 11 is 0. The molecule has 0 aliphatic rings. The highest BCUT2D eigenvalue weighted by Gasteiger charge is 2.21. The second-order valence-corrected chi connectivity index (χ2v) is 4.01. The number of methoxy groups -OCH3 is 1. The second-order valence-electron chi connectivity index (χ2n) is 4.01. The fourth-order valence-corrected chi connectivity index (χ4v) is 1.68. The van der Waals surface area contributed by atoms with Gasteiger partial charge in [-0.2, -0.15) is 0 Å². The third-order valence-corrected chi connectivity index (χ3v) is 2.67. The van der Waals surface area contributed by atoms with Crippen LogP contribution in [-0.2, 0) is 0 Å². The number of aryl methyl sites for hydroxylation is 1. The minimum atomic E-state index is -1.15. The number of hydrogen-bond donors (Lipinski definition) is 1. The van der Waals surface area contributed by atoms with Gasteiger partial charge in [0.2, 0.25) is 5.78 Å². The predicted molar refractivity (Wildman–Crippen MR) is 67.5 cm³/mol. The standard InChI is InChI=1S/C13H11F2N3O2/c1-6-17-5-8(13(16)18-6)12(19)7-3-9(14)10(15)4-11(7)20-2/h3-5H,1-2H3,(H2,16,17,18). The van der Waals surface area contributed by atoms with Gasteiger partial charge in [-0.1, -0.05) is 0 Å². The first-order chi connectivity index (χ1) is 9.43. The number of aromatic nitrogens is 2. The highest BCUT2D eigenvalue weighted by molar-refractivity contribution is 6.13. The maximum atomic E-state index is 13.3. The van der Waals surface area contributed by atoms with Crippen LogP contribution in [0.2, 0.25) is 0 Å². The van der Waals surface area contributed by atoms with Crippen molar-refractivity contribution in [2.24, 2.45) is 0 Å². The van der Waals surface area contributed by atoms with E-state index in [1.165, 1.54) is 13.3 Å². The zero-order valence-corrected chi connectivity index (χ0v) is 10.8. The van der Waals surface area contributed by atoms with Crippen LogP contribution < -0.4 is 10.5 Å². The average Bonchev–Trinajstić information content (AvgIpc) is 2.40. The van der Waals surface area contributed by atoms with Gasteiger partial charge < -0.3 is 10.5 Å². The first-order valence-electron chi connectivity index (χ1n) is 5.61. The van der Waals surface area contributed by atoms with E-state index in [1.54, 1.807) is 6.92 Å². The fraction of sp³-hybridized carbons (Fsp3) is 0.154. The van der Waals surface area contributed by atoms with Gasteiger partial charge in [0, 0.05) is 12.3 Å². The normalized spacial score (nSPS) is 10.4. The SMILES string of the molecule is COc1cc(F)c(F)cc1C(=O)c1cnc(C)nc1N. The number of carbonyl (C=O) groups is 1. The molecule has 2 rings (SSSR count). The Hall–Kier alpha value is -2.57. The molecular formula is C13H11F2N3O2. The van der Waals surface area contributed by atoms with Crippen molar-refractivity contribution in [2.45, 2.75) is 6.92 Å². The van der Waals surface area contributed by atoms with E-state index < -0.39 is 17.4 Å². The number of halogens is 2. The number of ketones is 1. The summed E-state index contributed by atoms with van der Waals surface area (Å²) in [7, 11) is 1.25. The first kappa shape index (κ1) is 13.9. The van der Waals surface area contributed by atoms with Crippen LogP contribution in [0.25, 0.3) is 0 Å². The molecule has 0 bridgehead atoms. The van der Waals surface area contributed by atoms with Crippen LogP contribution >= 0.6 is 0 Å². The number of anilines is 1. The van der Waals surface area contributed by atoms with E-state index in [-0.39, 0.29) is 22.7 Å². The molecule has 2 N–H and O–H groups in total. The van der Waals surface area contributed by atoms with Crippen molar-refractivity contribution < 1.29 is 18.3 Å². The molecule has 0 saturated carbocycles. The number of hydrogen-bond acceptors (Lipinski definition) is 5. The quantitative estimate of drug-likeness (QED) is 0.868.